The molecule has 4 rings (SSSR count). The lowest BCUT2D eigenvalue weighted by Gasteiger charge is -2.12. The van der Waals surface area contributed by atoms with Crippen LogP contribution in [0.3, 0.4) is 0 Å². The molecule has 0 atom stereocenters. The monoisotopic (exact) mass is 578 g/mol. The van der Waals surface area contributed by atoms with Gasteiger partial charge >= 0.3 is 0 Å². The van der Waals surface area contributed by atoms with Gasteiger partial charge in [-0.2, -0.15) is 0 Å². The number of aromatic amines is 1. The Morgan fingerprint density at radius 2 is 1.61 bits per heavy atom. The molecule has 214 valence electrons. The largest absolute Gasteiger partial charge is 0.493 e. The molecule has 0 saturated heterocycles. The number of H-pyrrole nitrogens is 1. The number of amides is 1. The zero-order valence-corrected chi connectivity index (χ0v) is 23.8. The zero-order chi connectivity index (χ0) is 29.2. The Morgan fingerprint density at radius 1 is 0.854 bits per heavy atom. The molecule has 3 aromatic carbocycles. The average Bonchev–Trinajstić information content (AvgIpc) is 2.99. The second-order valence-electron chi connectivity index (χ2n) is 9.02. The molecule has 0 saturated carbocycles. The first-order valence-electron chi connectivity index (χ1n) is 12.9. The molecule has 0 fully saturated rings. The lowest BCUT2D eigenvalue weighted by atomic mass is 10.1. The van der Waals surface area contributed by atoms with E-state index in [0.717, 1.165) is 11.1 Å². The second-order valence-corrected chi connectivity index (χ2v) is 9.46. The zero-order valence-electron chi connectivity index (χ0n) is 23.0. The molecule has 0 unspecified atom stereocenters. The summed E-state index contributed by atoms with van der Waals surface area (Å²) in [6.45, 7) is 0.751. The van der Waals surface area contributed by atoms with Crippen LogP contribution in [0.1, 0.15) is 23.2 Å². The van der Waals surface area contributed by atoms with Gasteiger partial charge in [0, 0.05) is 30.0 Å². The predicted octanol–water partition coefficient (Wildman–Crippen LogP) is 4.38. The molecule has 11 heteroatoms. The second kappa shape index (κ2) is 14.2. The molecule has 0 radical (unpaired) electrons. The van der Waals surface area contributed by atoms with E-state index in [1.54, 1.807) is 38.5 Å². The Kier molecular flexibility index (Phi) is 10.2. The molecule has 10 nitrogen and oxygen atoms in total. The first kappa shape index (κ1) is 29.4. The SMILES string of the molecule is COc1ccc(CCNC(=O)CCc2nnc(-c3ccc(OCc4cccc(Cl)c4)c(OC)c3)[nH]c2=O)cc1OC. The molecule has 1 amide bonds. The van der Waals surface area contributed by atoms with Crippen LogP contribution in [0.2, 0.25) is 5.02 Å². The maximum absolute atomic E-state index is 12.7. The molecule has 0 aliphatic heterocycles. The van der Waals surface area contributed by atoms with Gasteiger partial charge in [0.05, 0.1) is 21.3 Å². The molecular formula is C30H31ClN4O6. The van der Waals surface area contributed by atoms with Gasteiger partial charge < -0.3 is 29.2 Å². The lowest BCUT2D eigenvalue weighted by Crippen LogP contribution is -2.27. The summed E-state index contributed by atoms with van der Waals surface area (Å²) in [5.41, 5.74) is 2.28. The fourth-order valence-electron chi connectivity index (χ4n) is 4.08. The fourth-order valence-corrected chi connectivity index (χ4v) is 4.29. The van der Waals surface area contributed by atoms with Crippen molar-refractivity contribution in [1.29, 1.82) is 0 Å². The van der Waals surface area contributed by atoms with E-state index in [9.17, 15) is 9.59 Å². The van der Waals surface area contributed by atoms with Crippen molar-refractivity contribution in [1.82, 2.24) is 20.5 Å². The maximum atomic E-state index is 12.7. The standard InChI is InChI=1S/C30H31ClN4O6/c1-38-24-10-7-19(16-26(24)39-2)13-14-32-28(36)12-9-23-30(37)33-29(35-34-23)21-8-11-25(27(17-21)40-3)41-18-20-5-4-6-22(31)15-20/h4-8,10-11,15-17H,9,12-14,18H2,1-3H3,(H,32,36)(H,33,35,37). The molecule has 2 N–H and O–H groups in total. The number of nitrogens with zero attached hydrogens (tertiary/aromatic N) is 2. The molecule has 0 spiro atoms. The minimum absolute atomic E-state index is 0.107. The summed E-state index contributed by atoms with van der Waals surface area (Å²) < 4.78 is 21.9. The van der Waals surface area contributed by atoms with Gasteiger partial charge in [-0.3, -0.25) is 9.59 Å². The number of halogens is 1. The van der Waals surface area contributed by atoms with Gasteiger partial charge in [-0.05, 0) is 60.0 Å². The third-order valence-electron chi connectivity index (χ3n) is 6.26. The van der Waals surface area contributed by atoms with Crippen molar-refractivity contribution in [2.45, 2.75) is 25.9 Å². The maximum Gasteiger partial charge on any atom is 0.273 e. The van der Waals surface area contributed by atoms with Crippen LogP contribution < -0.4 is 29.8 Å². The number of nitrogens with one attached hydrogen (secondary N) is 2. The molecule has 4 aromatic rings. The van der Waals surface area contributed by atoms with Crippen LogP contribution in [0.4, 0.5) is 0 Å². The molecular weight excluding hydrogens is 548 g/mol. The highest BCUT2D eigenvalue weighted by atomic mass is 35.5. The third-order valence-corrected chi connectivity index (χ3v) is 6.49. The average molecular weight is 579 g/mol. The lowest BCUT2D eigenvalue weighted by molar-refractivity contribution is -0.121. The van der Waals surface area contributed by atoms with Crippen LogP contribution >= 0.6 is 11.6 Å². The smallest absolute Gasteiger partial charge is 0.273 e. The highest BCUT2D eigenvalue weighted by molar-refractivity contribution is 6.30. The number of hydrogen-bond donors (Lipinski definition) is 2. The number of benzene rings is 3. The van der Waals surface area contributed by atoms with Crippen molar-refractivity contribution < 1.29 is 23.7 Å². The van der Waals surface area contributed by atoms with Crippen molar-refractivity contribution in [2.24, 2.45) is 0 Å². The van der Waals surface area contributed by atoms with Crippen molar-refractivity contribution in [3.63, 3.8) is 0 Å². The van der Waals surface area contributed by atoms with Gasteiger partial charge in [0.2, 0.25) is 5.91 Å². The van der Waals surface area contributed by atoms with Crippen LogP contribution in [-0.4, -0.2) is 49.0 Å². The van der Waals surface area contributed by atoms with Crippen LogP contribution in [0.15, 0.2) is 65.5 Å². The van der Waals surface area contributed by atoms with Crippen LogP contribution in [-0.2, 0) is 24.2 Å². The van der Waals surface area contributed by atoms with E-state index in [4.69, 9.17) is 30.5 Å². The van der Waals surface area contributed by atoms with Crippen molar-refractivity contribution >= 4 is 17.5 Å². The molecule has 0 aliphatic rings. The molecule has 41 heavy (non-hydrogen) atoms. The molecule has 0 aliphatic carbocycles. The Bertz CT molecular complexity index is 1560. The number of rotatable bonds is 13. The van der Waals surface area contributed by atoms with E-state index in [0.29, 0.717) is 53.2 Å². The van der Waals surface area contributed by atoms with Gasteiger partial charge in [0.1, 0.15) is 12.3 Å². The third kappa shape index (κ3) is 7.98. The first-order valence-corrected chi connectivity index (χ1v) is 13.3. The first-order chi connectivity index (χ1) is 19.9. The van der Waals surface area contributed by atoms with Crippen molar-refractivity contribution in [3.05, 3.63) is 92.9 Å². The number of methoxy groups -OCH3 is 3. The van der Waals surface area contributed by atoms with E-state index in [1.807, 2.05) is 36.4 Å². The van der Waals surface area contributed by atoms with Gasteiger partial charge in [-0.1, -0.05) is 29.8 Å². The van der Waals surface area contributed by atoms with Gasteiger partial charge in [0.15, 0.2) is 28.8 Å². The number of carbonyl (C=O) groups excluding carboxylic acids is 1. The van der Waals surface area contributed by atoms with Gasteiger partial charge in [-0.25, -0.2) is 0 Å². The quantitative estimate of drug-likeness (QED) is 0.239. The minimum atomic E-state index is -0.409. The normalized spacial score (nSPS) is 10.6. The van der Waals surface area contributed by atoms with E-state index in [-0.39, 0.29) is 30.3 Å². The van der Waals surface area contributed by atoms with Crippen molar-refractivity contribution in [2.75, 3.05) is 27.9 Å². The van der Waals surface area contributed by atoms with Gasteiger partial charge in [-0.15, -0.1) is 10.2 Å². The predicted molar refractivity (Wildman–Crippen MR) is 155 cm³/mol. The van der Waals surface area contributed by atoms with Crippen molar-refractivity contribution in [3.8, 4) is 34.4 Å². The highest BCUT2D eigenvalue weighted by Crippen LogP contribution is 2.32. The summed E-state index contributed by atoms with van der Waals surface area (Å²) in [6.07, 6.45) is 0.884. The number of hydrogen-bond acceptors (Lipinski definition) is 8. The van der Waals surface area contributed by atoms with E-state index in [2.05, 4.69) is 20.5 Å². The Morgan fingerprint density at radius 3 is 2.34 bits per heavy atom. The minimum Gasteiger partial charge on any atom is -0.493 e. The summed E-state index contributed by atoms with van der Waals surface area (Å²) in [6, 6.07) is 18.2. The Balaban J connectivity index is 1.31. The number of ether oxygens (including phenoxy) is 4. The number of aromatic nitrogens is 3. The van der Waals surface area contributed by atoms with Crippen LogP contribution in [0.25, 0.3) is 11.4 Å². The molecule has 1 aromatic heterocycles. The van der Waals surface area contributed by atoms with Gasteiger partial charge in [0.25, 0.3) is 5.56 Å². The fraction of sp³-hybridized carbons (Fsp3) is 0.267. The van der Waals surface area contributed by atoms with Crippen LogP contribution in [0.5, 0.6) is 23.0 Å². The van der Waals surface area contributed by atoms with E-state index < -0.39 is 5.56 Å². The topological polar surface area (TPSA) is 125 Å². The summed E-state index contributed by atoms with van der Waals surface area (Å²) in [5, 5.41) is 11.7. The van der Waals surface area contributed by atoms with E-state index in [1.165, 1.54) is 7.11 Å². The summed E-state index contributed by atoms with van der Waals surface area (Å²) in [7, 11) is 4.69. The summed E-state index contributed by atoms with van der Waals surface area (Å²) in [5.74, 6) is 2.37. The van der Waals surface area contributed by atoms with E-state index >= 15 is 0 Å². The Labute approximate surface area is 242 Å². The number of carbonyl (C=O) groups is 1. The highest BCUT2D eigenvalue weighted by Gasteiger charge is 2.13. The molecule has 1 heterocycles. The Hall–Kier alpha value is -4.57. The number of aryl methyl sites for hydroxylation is 1. The summed E-state index contributed by atoms with van der Waals surface area (Å²) >= 11 is 6.04. The molecule has 0 bridgehead atoms. The van der Waals surface area contributed by atoms with Crippen LogP contribution in [0, 0.1) is 0 Å². The summed E-state index contributed by atoms with van der Waals surface area (Å²) in [4.78, 5) is 27.8.